The Balaban J connectivity index is 2.54. The topological polar surface area (TPSA) is 26.3 Å². The molecule has 0 spiro atoms. The van der Waals surface area contributed by atoms with Crippen LogP contribution in [0.15, 0.2) is 0 Å². The van der Waals surface area contributed by atoms with Crippen LogP contribution in [0.25, 0.3) is 0 Å². The van der Waals surface area contributed by atoms with E-state index in [1.165, 1.54) is 0 Å². The van der Waals surface area contributed by atoms with Crippen molar-refractivity contribution in [2.24, 2.45) is 21.7 Å². The van der Waals surface area contributed by atoms with Gasteiger partial charge in [-0.05, 0) is 29.6 Å². The molecule has 2 nitrogen and oxygen atoms in total. The number of carbonyl (C=O) groups excluding carboxylic acids is 1. The largest absolute Gasteiger partial charge is 0.420 e. The van der Waals surface area contributed by atoms with E-state index in [-0.39, 0.29) is 5.41 Å². The summed E-state index contributed by atoms with van der Waals surface area (Å²) in [7, 11) is 0. The normalized spacial score (nSPS) is 22.3. The molecule has 0 aromatic heterocycles. The Morgan fingerprint density at radius 2 is 1.31 bits per heavy atom. The van der Waals surface area contributed by atoms with Crippen molar-refractivity contribution in [2.45, 2.75) is 61.8 Å². The van der Waals surface area contributed by atoms with Gasteiger partial charge in [0.1, 0.15) is 0 Å². The Labute approximate surface area is 151 Å². The summed E-state index contributed by atoms with van der Waals surface area (Å²) in [5.41, 5.74) is -3.24. The van der Waals surface area contributed by atoms with Gasteiger partial charge in [-0.3, -0.25) is 4.79 Å². The zero-order valence-corrected chi connectivity index (χ0v) is 16.5. The van der Waals surface area contributed by atoms with Crippen LogP contribution in [0.2, 0.25) is 0 Å². The minimum atomic E-state index is -1.70. The molecule has 0 radical (unpaired) electrons. The van der Waals surface area contributed by atoms with Crippen LogP contribution < -0.4 is 4.74 Å². The van der Waals surface area contributed by atoms with E-state index in [1.807, 2.05) is 48.5 Å². The molecular formula is C20H26F4O2. The number of esters is 1. The second-order valence-electron chi connectivity index (χ2n) is 9.44. The van der Waals surface area contributed by atoms with Gasteiger partial charge in [0.2, 0.25) is 17.4 Å². The van der Waals surface area contributed by atoms with Gasteiger partial charge in [0.15, 0.2) is 11.6 Å². The maximum atomic E-state index is 14.1. The molecule has 6 heteroatoms. The highest BCUT2D eigenvalue weighted by molar-refractivity contribution is 5.85. The molecule has 26 heavy (non-hydrogen) atoms. The molecule has 1 aliphatic rings. The maximum Gasteiger partial charge on any atom is 0.318 e. The predicted octanol–water partition coefficient (Wildman–Crippen LogP) is 5.95. The van der Waals surface area contributed by atoms with Gasteiger partial charge in [0.05, 0.1) is 5.41 Å². The summed E-state index contributed by atoms with van der Waals surface area (Å²) in [6.07, 6.45) is 0.448. The highest BCUT2D eigenvalue weighted by Crippen LogP contribution is 2.75. The fourth-order valence-corrected chi connectivity index (χ4v) is 3.92. The van der Waals surface area contributed by atoms with Crippen molar-refractivity contribution < 1.29 is 27.1 Å². The van der Waals surface area contributed by atoms with Gasteiger partial charge in [0, 0.05) is 5.56 Å². The van der Waals surface area contributed by atoms with E-state index in [0.717, 1.165) is 6.92 Å². The molecule has 146 valence electrons. The molecule has 1 aromatic rings. The quantitative estimate of drug-likeness (QED) is 0.283. The molecule has 0 bridgehead atoms. The van der Waals surface area contributed by atoms with Gasteiger partial charge >= 0.3 is 5.97 Å². The third-order valence-electron chi connectivity index (χ3n) is 6.67. The fourth-order valence-electron chi connectivity index (χ4n) is 3.92. The predicted molar refractivity (Wildman–Crippen MR) is 90.7 cm³/mol. The fraction of sp³-hybridized carbons (Fsp3) is 0.650. The second kappa shape index (κ2) is 5.70. The number of carbonyl (C=O) groups is 1. The Morgan fingerprint density at radius 1 is 0.923 bits per heavy atom. The molecule has 0 heterocycles. The van der Waals surface area contributed by atoms with Crippen LogP contribution in [0.4, 0.5) is 17.6 Å². The maximum absolute atomic E-state index is 14.1. The minimum absolute atomic E-state index is 0.333. The molecule has 1 fully saturated rings. The molecule has 0 saturated heterocycles. The Bertz CT molecular complexity index is 746. The zero-order chi connectivity index (χ0) is 20.5. The molecule has 0 aliphatic heterocycles. The van der Waals surface area contributed by atoms with Gasteiger partial charge in [-0.15, -0.1) is 0 Å². The van der Waals surface area contributed by atoms with Crippen LogP contribution in [0.3, 0.4) is 0 Å². The number of hydrogen-bond acceptors (Lipinski definition) is 2. The lowest BCUT2D eigenvalue weighted by Gasteiger charge is -2.46. The summed E-state index contributed by atoms with van der Waals surface area (Å²) in [4.78, 5) is 13.0. The molecule has 1 aromatic carbocycles. The molecule has 0 N–H and O–H groups in total. The first kappa shape index (κ1) is 20.7. The SMILES string of the molecule is Cc1c(F)c(F)c(OC(=O)C2(C(C)(C)C(C)(C)C)CC2(C)C)c(F)c1F. The van der Waals surface area contributed by atoms with E-state index in [9.17, 15) is 22.4 Å². The third-order valence-corrected chi connectivity index (χ3v) is 6.67. The molecule has 1 saturated carbocycles. The molecule has 0 amide bonds. The van der Waals surface area contributed by atoms with Crippen molar-refractivity contribution in [3.8, 4) is 5.75 Å². The summed E-state index contributed by atoms with van der Waals surface area (Å²) in [5, 5.41) is 0. The smallest absolute Gasteiger partial charge is 0.318 e. The second-order valence-corrected chi connectivity index (χ2v) is 9.44. The monoisotopic (exact) mass is 374 g/mol. The summed E-state index contributed by atoms with van der Waals surface area (Å²) in [5.74, 6) is -8.71. The first-order valence-corrected chi connectivity index (χ1v) is 8.58. The summed E-state index contributed by atoms with van der Waals surface area (Å²) in [6, 6.07) is 0. The number of rotatable bonds is 3. The van der Waals surface area contributed by atoms with Gasteiger partial charge in [-0.2, -0.15) is 8.78 Å². The summed E-state index contributed by atoms with van der Waals surface area (Å²) < 4.78 is 60.8. The number of ether oxygens (including phenoxy) is 1. The lowest BCUT2D eigenvalue weighted by molar-refractivity contribution is -0.152. The van der Waals surface area contributed by atoms with E-state index >= 15 is 0 Å². The lowest BCUT2D eigenvalue weighted by Crippen LogP contribution is -2.47. The van der Waals surface area contributed by atoms with Crippen LogP contribution in [0.1, 0.15) is 60.5 Å². The van der Waals surface area contributed by atoms with Crippen LogP contribution in [-0.2, 0) is 4.79 Å². The summed E-state index contributed by atoms with van der Waals surface area (Å²) in [6.45, 7) is 14.3. The van der Waals surface area contributed by atoms with Crippen molar-refractivity contribution in [2.75, 3.05) is 0 Å². The van der Waals surface area contributed by atoms with E-state index in [0.29, 0.717) is 6.42 Å². The Hall–Kier alpha value is -1.59. The van der Waals surface area contributed by atoms with Crippen molar-refractivity contribution in [3.05, 3.63) is 28.8 Å². The third kappa shape index (κ3) is 2.55. The zero-order valence-electron chi connectivity index (χ0n) is 16.5. The number of hydrogen-bond donors (Lipinski definition) is 0. The van der Waals surface area contributed by atoms with Crippen LogP contribution >= 0.6 is 0 Å². The van der Waals surface area contributed by atoms with Crippen LogP contribution in [0.5, 0.6) is 5.75 Å². The average molecular weight is 374 g/mol. The van der Waals surface area contributed by atoms with Crippen LogP contribution in [0, 0.1) is 51.9 Å². The molecule has 1 unspecified atom stereocenters. The highest BCUT2D eigenvalue weighted by Gasteiger charge is 2.76. The number of halogens is 4. The van der Waals surface area contributed by atoms with Crippen molar-refractivity contribution in [1.29, 1.82) is 0 Å². The highest BCUT2D eigenvalue weighted by atomic mass is 19.2. The molecule has 1 aliphatic carbocycles. The van der Waals surface area contributed by atoms with Crippen molar-refractivity contribution >= 4 is 5.97 Å². The van der Waals surface area contributed by atoms with E-state index in [4.69, 9.17) is 4.74 Å². The minimum Gasteiger partial charge on any atom is -0.420 e. The van der Waals surface area contributed by atoms with Gasteiger partial charge in [-0.1, -0.05) is 48.5 Å². The van der Waals surface area contributed by atoms with E-state index in [2.05, 4.69) is 0 Å². The first-order valence-electron chi connectivity index (χ1n) is 8.58. The summed E-state index contributed by atoms with van der Waals surface area (Å²) >= 11 is 0. The molecule has 1 atom stereocenters. The standard InChI is InChI=1S/C20H26F4O2/c1-10-11(21)13(23)15(14(24)12(10)22)26-16(25)20(9-18(20,5)6)19(7,8)17(2,3)4/h9H2,1-8H3. The first-order chi connectivity index (χ1) is 11.5. The van der Waals surface area contributed by atoms with E-state index < -0.39 is 56.8 Å². The Kier molecular flexibility index (Phi) is 4.54. The van der Waals surface area contributed by atoms with Gasteiger partial charge < -0.3 is 4.74 Å². The van der Waals surface area contributed by atoms with E-state index in [1.54, 1.807) is 0 Å². The number of benzene rings is 1. The molecular weight excluding hydrogens is 348 g/mol. The Morgan fingerprint density at radius 3 is 1.62 bits per heavy atom. The van der Waals surface area contributed by atoms with Crippen LogP contribution in [-0.4, -0.2) is 5.97 Å². The average Bonchev–Trinajstić information content (AvgIpc) is 3.11. The van der Waals surface area contributed by atoms with Crippen molar-refractivity contribution in [1.82, 2.24) is 0 Å². The van der Waals surface area contributed by atoms with Crippen molar-refractivity contribution in [3.63, 3.8) is 0 Å². The van der Waals surface area contributed by atoms with Gasteiger partial charge in [0.25, 0.3) is 0 Å². The lowest BCUT2D eigenvalue weighted by atomic mass is 9.58. The molecule has 2 rings (SSSR count). The van der Waals surface area contributed by atoms with Gasteiger partial charge in [-0.25, -0.2) is 8.78 Å².